The van der Waals surface area contributed by atoms with E-state index in [9.17, 15) is 19.8 Å². The average molecular weight is 437 g/mol. The minimum absolute atomic E-state index is 0.0163. The maximum Gasteiger partial charge on any atom is 0.295 e. The van der Waals surface area contributed by atoms with Crippen LogP contribution < -0.4 is 0 Å². The van der Waals surface area contributed by atoms with Gasteiger partial charge in [-0.2, -0.15) is 0 Å². The monoisotopic (exact) mass is 436 g/mol. The van der Waals surface area contributed by atoms with E-state index in [0.717, 1.165) is 36.3 Å². The molecule has 32 heavy (non-hydrogen) atoms. The molecule has 0 saturated carbocycles. The number of hydrogen-bond donors (Lipinski definition) is 2. The summed E-state index contributed by atoms with van der Waals surface area (Å²) in [6.07, 6.45) is 0.715. The minimum Gasteiger partial charge on any atom is -0.507 e. The lowest BCUT2D eigenvalue weighted by Gasteiger charge is -2.26. The number of likely N-dealkylation sites (tertiary alicyclic amines) is 1. The topological polar surface area (TPSA) is 81.1 Å². The summed E-state index contributed by atoms with van der Waals surface area (Å²) >= 11 is 0. The van der Waals surface area contributed by atoms with Gasteiger partial charge in [0.2, 0.25) is 0 Å². The molecule has 1 aliphatic rings. The van der Waals surface area contributed by atoms with Crippen molar-refractivity contribution < 1.29 is 19.8 Å². The first-order valence-corrected chi connectivity index (χ1v) is 11.2. The Balaban J connectivity index is 2.06. The van der Waals surface area contributed by atoms with E-state index < -0.39 is 17.7 Å². The Morgan fingerprint density at radius 3 is 2.28 bits per heavy atom. The van der Waals surface area contributed by atoms with Gasteiger partial charge in [0.15, 0.2) is 0 Å². The van der Waals surface area contributed by atoms with E-state index in [2.05, 4.69) is 18.7 Å². The second-order valence-corrected chi connectivity index (χ2v) is 8.24. The van der Waals surface area contributed by atoms with Crippen molar-refractivity contribution in [1.29, 1.82) is 0 Å². The maximum atomic E-state index is 13.1. The highest BCUT2D eigenvalue weighted by molar-refractivity contribution is 6.46. The van der Waals surface area contributed by atoms with Crippen molar-refractivity contribution in [2.24, 2.45) is 0 Å². The molecule has 1 amide bonds. The highest BCUT2D eigenvalue weighted by atomic mass is 16.3. The van der Waals surface area contributed by atoms with Crippen LogP contribution in [0, 0.1) is 13.8 Å². The van der Waals surface area contributed by atoms with Gasteiger partial charge < -0.3 is 20.0 Å². The first-order valence-electron chi connectivity index (χ1n) is 11.2. The number of phenols is 1. The van der Waals surface area contributed by atoms with Crippen LogP contribution >= 0.6 is 0 Å². The standard InChI is InChI=1S/C26H32N2O4/c1-5-27(6-2)13-10-14-28-23(19-11-8-7-9-12-19)22(25(31)26(28)32)24(30)20-15-17(3)18(4)16-21(20)29/h7-9,11-12,15-16,23,29-30H,5-6,10,13-14H2,1-4H3/t23-/m0/s1. The fourth-order valence-corrected chi connectivity index (χ4v) is 4.23. The Morgan fingerprint density at radius 2 is 1.66 bits per heavy atom. The molecule has 0 radical (unpaired) electrons. The summed E-state index contributed by atoms with van der Waals surface area (Å²) in [5.74, 6) is -1.81. The third-order valence-corrected chi connectivity index (χ3v) is 6.29. The molecule has 1 saturated heterocycles. The van der Waals surface area contributed by atoms with Crippen LogP contribution in [-0.4, -0.2) is 57.9 Å². The molecule has 3 rings (SSSR count). The Morgan fingerprint density at radius 1 is 1.03 bits per heavy atom. The van der Waals surface area contributed by atoms with E-state index in [1.54, 1.807) is 17.0 Å². The lowest BCUT2D eigenvalue weighted by atomic mass is 9.94. The number of Topliss-reactive ketones (excluding diaryl/α,β-unsaturated/α-hetero) is 1. The molecule has 6 heteroatoms. The highest BCUT2D eigenvalue weighted by Crippen LogP contribution is 2.41. The van der Waals surface area contributed by atoms with Crippen LogP contribution in [0.4, 0.5) is 0 Å². The summed E-state index contributed by atoms with van der Waals surface area (Å²) < 4.78 is 0. The quantitative estimate of drug-likeness (QED) is 0.369. The highest BCUT2D eigenvalue weighted by Gasteiger charge is 2.46. The molecule has 0 bridgehead atoms. The van der Waals surface area contributed by atoms with Crippen LogP contribution in [0.5, 0.6) is 5.75 Å². The van der Waals surface area contributed by atoms with Crippen molar-refractivity contribution in [2.45, 2.75) is 40.2 Å². The molecule has 170 valence electrons. The number of aliphatic hydroxyl groups excluding tert-OH is 1. The van der Waals surface area contributed by atoms with Crippen LogP contribution in [0.2, 0.25) is 0 Å². The van der Waals surface area contributed by atoms with E-state index in [1.807, 2.05) is 44.2 Å². The van der Waals surface area contributed by atoms with Crippen LogP contribution in [0.1, 0.15) is 48.6 Å². The van der Waals surface area contributed by atoms with Gasteiger partial charge in [-0.25, -0.2) is 0 Å². The summed E-state index contributed by atoms with van der Waals surface area (Å²) in [6, 6.07) is 11.8. The number of rotatable bonds is 8. The lowest BCUT2D eigenvalue weighted by Crippen LogP contribution is -2.33. The number of aromatic hydroxyl groups is 1. The molecule has 0 spiro atoms. The van der Waals surface area contributed by atoms with Gasteiger partial charge in [-0.3, -0.25) is 9.59 Å². The van der Waals surface area contributed by atoms with Crippen molar-refractivity contribution in [3.8, 4) is 5.75 Å². The molecule has 1 atom stereocenters. The van der Waals surface area contributed by atoms with Crippen LogP contribution in [-0.2, 0) is 9.59 Å². The van der Waals surface area contributed by atoms with E-state index in [-0.39, 0.29) is 22.6 Å². The normalized spacial score (nSPS) is 18.0. The molecule has 1 fully saturated rings. The third-order valence-electron chi connectivity index (χ3n) is 6.29. The summed E-state index contributed by atoms with van der Waals surface area (Å²) in [7, 11) is 0. The predicted octanol–water partition coefficient (Wildman–Crippen LogP) is 4.16. The number of ketones is 1. The number of aryl methyl sites for hydroxylation is 2. The number of nitrogens with zero attached hydrogens (tertiary/aromatic N) is 2. The predicted molar refractivity (Wildman–Crippen MR) is 125 cm³/mol. The van der Waals surface area contributed by atoms with Crippen molar-refractivity contribution in [1.82, 2.24) is 9.80 Å². The van der Waals surface area contributed by atoms with Gasteiger partial charge in [-0.15, -0.1) is 0 Å². The largest absolute Gasteiger partial charge is 0.507 e. The minimum atomic E-state index is -0.725. The Kier molecular flexibility index (Phi) is 7.36. The van der Waals surface area contributed by atoms with Crippen molar-refractivity contribution >= 4 is 17.4 Å². The summed E-state index contributed by atoms with van der Waals surface area (Å²) in [4.78, 5) is 29.9. The zero-order valence-corrected chi connectivity index (χ0v) is 19.3. The molecule has 2 aromatic carbocycles. The number of carbonyl (C=O) groups excluding carboxylic acids is 2. The fourth-order valence-electron chi connectivity index (χ4n) is 4.23. The van der Waals surface area contributed by atoms with E-state index in [4.69, 9.17) is 0 Å². The van der Waals surface area contributed by atoms with E-state index in [0.29, 0.717) is 13.0 Å². The second kappa shape index (κ2) is 10.0. The number of carbonyl (C=O) groups is 2. The second-order valence-electron chi connectivity index (χ2n) is 8.24. The molecule has 2 aromatic rings. The van der Waals surface area contributed by atoms with Crippen molar-refractivity contribution in [2.75, 3.05) is 26.2 Å². The first kappa shape index (κ1) is 23.5. The number of benzene rings is 2. The third kappa shape index (κ3) is 4.55. The number of amides is 1. The molecule has 0 aromatic heterocycles. The van der Waals surface area contributed by atoms with Gasteiger partial charge in [0, 0.05) is 6.54 Å². The average Bonchev–Trinajstić information content (AvgIpc) is 3.04. The van der Waals surface area contributed by atoms with Gasteiger partial charge in [0.05, 0.1) is 17.2 Å². The molecule has 0 aliphatic carbocycles. The maximum absolute atomic E-state index is 13.1. The summed E-state index contributed by atoms with van der Waals surface area (Å²) in [6.45, 7) is 11.0. The van der Waals surface area contributed by atoms with E-state index in [1.165, 1.54) is 0 Å². The molecule has 0 unspecified atom stereocenters. The fraction of sp³-hybridized carbons (Fsp3) is 0.385. The molecule has 2 N–H and O–H groups in total. The van der Waals surface area contributed by atoms with Crippen LogP contribution in [0.15, 0.2) is 48.0 Å². The zero-order valence-electron chi connectivity index (χ0n) is 19.3. The van der Waals surface area contributed by atoms with Gasteiger partial charge in [-0.05, 0) is 68.7 Å². The van der Waals surface area contributed by atoms with Crippen molar-refractivity contribution in [3.05, 3.63) is 70.3 Å². The van der Waals surface area contributed by atoms with Crippen molar-refractivity contribution in [3.63, 3.8) is 0 Å². The van der Waals surface area contributed by atoms with Crippen LogP contribution in [0.25, 0.3) is 5.76 Å². The smallest absolute Gasteiger partial charge is 0.295 e. The number of hydrogen-bond acceptors (Lipinski definition) is 5. The first-order chi connectivity index (χ1) is 15.3. The summed E-state index contributed by atoms with van der Waals surface area (Å²) in [5, 5.41) is 21.6. The van der Waals surface area contributed by atoms with Gasteiger partial charge >= 0.3 is 0 Å². The van der Waals surface area contributed by atoms with Crippen LogP contribution in [0.3, 0.4) is 0 Å². The summed E-state index contributed by atoms with van der Waals surface area (Å²) in [5.41, 5.74) is 2.67. The van der Waals surface area contributed by atoms with Gasteiger partial charge in [0.25, 0.3) is 11.7 Å². The number of phenolic OH excluding ortho intramolecular Hbond substituents is 1. The molecule has 1 heterocycles. The van der Waals surface area contributed by atoms with Gasteiger partial charge in [0.1, 0.15) is 11.5 Å². The Bertz CT molecular complexity index is 1030. The SMILES string of the molecule is CCN(CC)CCCN1C(=O)C(=O)C(=C(O)c2cc(C)c(C)cc2O)[C@@H]1c1ccccc1. The van der Waals surface area contributed by atoms with Gasteiger partial charge in [-0.1, -0.05) is 44.2 Å². The van der Waals surface area contributed by atoms with E-state index >= 15 is 0 Å². The Hall–Kier alpha value is -3.12. The molecule has 6 nitrogen and oxygen atoms in total. The molecular weight excluding hydrogens is 404 g/mol. The molecular formula is C26H32N2O4. The molecule has 1 aliphatic heterocycles. The zero-order chi connectivity index (χ0) is 23.4. The lowest BCUT2D eigenvalue weighted by molar-refractivity contribution is -0.140. The number of aliphatic hydroxyl groups is 1. The Labute approximate surface area is 189 Å².